The molecule has 0 saturated carbocycles. The molecule has 6 heteroatoms. The van der Waals surface area contributed by atoms with Gasteiger partial charge in [0.2, 0.25) is 0 Å². The molecule has 1 unspecified atom stereocenters. The van der Waals surface area contributed by atoms with Crippen LogP contribution in [-0.2, 0) is 6.54 Å². The van der Waals surface area contributed by atoms with Crippen molar-refractivity contribution in [3.8, 4) is 0 Å². The largest absolute Gasteiger partial charge is 0.356 e. The van der Waals surface area contributed by atoms with Crippen LogP contribution in [0.3, 0.4) is 0 Å². The summed E-state index contributed by atoms with van der Waals surface area (Å²) in [6.45, 7) is 2.73. The van der Waals surface area contributed by atoms with Crippen molar-refractivity contribution >= 4 is 34.7 Å². The number of nitrogens with one attached hydrogen (secondary N) is 2. The molecule has 0 saturated heterocycles. The van der Waals surface area contributed by atoms with E-state index in [0.717, 1.165) is 10.6 Å². The Morgan fingerprint density at radius 3 is 2.72 bits per heavy atom. The monoisotopic (exact) mass is 370 g/mol. The fourth-order valence-corrected chi connectivity index (χ4v) is 3.01. The average Bonchev–Trinajstić information content (AvgIpc) is 3.02. The molecule has 2 N–H and O–H groups in total. The highest BCUT2D eigenvalue weighted by Crippen LogP contribution is 2.14. The predicted octanol–water partition coefficient (Wildman–Crippen LogP) is 4.63. The molecule has 0 spiro atoms. The van der Waals surface area contributed by atoms with Gasteiger partial charge in [0.1, 0.15) is 0 Å². The minimum Gasteiger partial charge on any atom is -0.356 e. The van der Waals surface area contributed by atoms with E-state index in [2.05, 4.69) is 34.8 Å². The van der Waals surface area contributed by atoms with Gasteiger partial charge >= 0.3 is 0 Å². The van der Waals surface area contributed by atoms with Gasteiger partial charge in [0, 0.05) is 17.3 Å². The van der Waals surface area contributed by atoms with E-state index in [4.69, 9.17) is 23.8 Å². The Kier molecular flexibility index (Phi) is 5.68. The molecule has 128 valence electrons. The van der Waals surface area contributed by atoms with E-state index in [9.17, 15) is 0 Å². The molecule has 1 aromatic heterocycles. The lowest BCUT2D eigenvalue weighted by molar-refractivity contribution is 0.689. The van der Waals surface area contributed by atoms with Crippen LogP contribution in [0.4, 0.5) is 5.82 Å². The van der Waals surface area contributed by atoms with Crippen molar-refractivity contribution in [1.82, 2.24) is 15.1 Å². The third kappa shape index (κ3) is 5.05. The van der Waals surface area contributed by atoms with Crippen LogP contribution in [-0.4, -0.2) is 14.9 Å². The standard InChI is InChI=1S/C19H19ClN4S/c1-14(16-7-3-2-4-8-16)21-19(25)22-18-10-11-24(23-18)13-15-6-5-9-17(20)12-15/h2-12,14H,13H2,1H3,(H2,21,22,23,25). The molecule has 0 fully saturated rings. The summed E-state index contributed by atoms with van der Waals surface area (Å²) in [5.74, 6) is 0.708. The molecule has 0 radical (unpaired) electrons. The molecule has 0 aliphatic heterocycles. The third-order valence-corrected chi connectivity index (χ3v) is 4.22. The van der Waals surface area contributed by atoms with Gasteiger partial charge in [0.05, 0.1) is 12.6 Å². The molecular weight excluding hydrogens is 352 g/mol. The Balaban J connectivity index is 1.56. The Morgan fingerprint density at radius 1 is 1.16 bits per heavy atom. The van der Waals surface area contributed by atoms with E-state index in [-0.39, 0.29) is 6.04 Å². The van der Waals surface area contributed by atoms with Gasteiger partial charge in [-0.3, -0.25) is 4.68 Å². The molecule has 0 bridgehead atoms. The Morgan fingerprint density at radius 2 is 1.96 bits per heavy atom. The number of halogens is 1. The fourth-order valence-electron chi connectivity index (χ4n) is 2.51. The van der Waals surface area contributed by atoms with Crippen molar-refractivity contribution in [2.75, 3.05) is 5.32 Å². The van der Waals surface area contributed by atoms with E-state index in [0.29, 0.717) is 17.5 Å². The molecule has 1 heterocycles. The SMILES string of the molecule is CC(NC(=S)Nc1ccn(Cc2cccc(Cl)c2)n1)c1ccccc1. The molecule has 2 aromatic carbocycles. The summed E-state index contributed by atoms with van der Waals surface area (Å²) in [5.41, 5.74) is 2.28. The maximum atomic E-state index is 6.02. The molecule has 3 aromatic rings. The highest BCUT2D eigenvalue weighted by molar-refractivity contribution is 7.80. The summed E-state index contributed by atoms with van der Waals surface area (Å²) in [6, 6.07) is 19.9. The number of hydrogen-bond donors (Lipinski definition) is 2. The van der Waals surface area contributed by atoms with Gasteiger partial charge in [-0.2, -0.15) is 5.10 Å². The van der Waals surface area contributed by atoms with E-state index in [1.807, 2.05) is 59.4 Å². The highest BCUT2D eigenvalue weighted by Gasteiger charge is 2.08. The summed E-state index contributed by atoms with van der Waals surface area (Å²) in [5, 5.41) is 12.1. The lowest BCUT2D eigenvalue weighted by Gasteiger charge is -2.16. The molecule has 25 heavy (non-hydrogen) atoms. The number of aromatic nitrogens is 2. The Bertz CT molecular complexity index is 847. The molecule has 3 rings (SSSR count). The van der Waals surface area contributed by atoms with Crippen LogP contribution in [0.2, 0.25) is 5.02 Å². The van der Waals surface area contributed by atoms with Crippen molar-refractivity contribution in [3.05, 3.63) is 83.0 Å². The second-order valence-corrected chi connectivity index (χ2v) is 6.60. The van der Waals surface area contributed by atoms with Gasteiger partial charge in [-0.05, 0) is 42.4 Å². The van der Waals surface area contributed by atoms with Gasteiger partial charge in [-0.15, -0.1) is 0 Å². The highest BCUT2D eigenvalue weighted by atomic mass is 35.5. The number of thiocarbonyl (C=S) groups is 1. The molecule has 4 nitrogen and oxygen atoms in total. The van der Waals surface area contributed by atoms with Crippen LogP contribution in [0.5, 0.6) is 0 Å². The van der Waals surface area contributed by atoms with Crippen molar-refractivity contribution in [1.29, 1.82) is 0 Å². The van der Waals surface area contributed by atoms with Gasteiger partial charge < -0.3 is 10.6 Å². The summed E-state index contributed by atoms with van der Waals surface area (Å²) in [4.78, 5) is 0. The first-order valence-electron chi connectivity index (χ1n) is 8.00. The number of nitrogens with zero attached hydrogens (tertiary/aromatic N) is 2. The maximum Gasteiger partial charge on any atom is 0.172 e. The van der Waals surface area contributed by atoms with Crippen LogP contribution >= 0.6 is 23.8 Å². The first-order valence-corrected chi connectivity index (χ1v) is 8.79. The third-order valence-electron chi connectivity index (χ3n) is 3.76. The Labute approximate surface area is 157 Å². The smallest absolute Gasteiger partial charge is 0.172 e. The number of benzene rings is 2. The summed E-state index contributed by atoms with van der Waals surface area (Å²) < 4.78 is 1.84. The average molecular weight is 371 g/mol. The van der Waals surface area contributed by atoms with Crippen LogP contribution in [0, 0.1) is 0 Å². The van der Waals surface area contributed by atoms with Crippen molar-refractivity contribution in [3.63, 3.8) is 0 Å². The van der Waals surface area contributed by atoms with Gasteiger partial charge in [-0.25, -0.2) is 0 Å². The number of hydrogen-bond acceptors (Lipinski definition) is 2. The minimum atomic E-state index is 0.120. The maximum absolute atomic E-state index is 6.02. The van der Waals surface area contributed by atoms with Crippen molar-refractivity contribution in [2.45, 2.75) is 19.5 Å². The van der Waals surface area contributed by atoms with Crippen LogP contribution in [0.15, 0.2) is 66.9 Å². The summed E-state index contributed by atoms with van der Waals surface area (Å²) in [7, 11) is 0. The van der Waals surface area contributed by atoms with Crippen LogP contribution in [0.1, 0.15) is 24.1 Å². The van der Waals surface area contributed by atoms with Crippen molar-refractivity contribution < 1.29 is 0 Å². The first kappa shape index (κ1) is 17.5. The summed E-state index contributed by atoms with van der Waals surface area (Å²) >= 11 is 11.4. The zero-order valence-corrected chi connectivity index (χ0v) is 15.4. The fraction of sp³-hybridized carbons (Fsp3) is 0.158. The Hall–Kier alpha value is -2.37. The minimum absolute atomic E-state index is 0.120. The molecule has 0 aliphatic carbocycles. The quantitative estimate of drug-likeness (QED) is 0.642. The zero-order chi connectivity index (χ0) is 17.6. The van der Waals surface area contributed by atoms with Crippen LogP contribution < -0.4 is 10.6 Å². The number of anilines is 1. The first-order chi connectivity index (χ1) is 12.1. The summed E-state index contributed by atoms with van der Waals surface area (Å²) in [6.07, 6.45) is 1.91. The van der Waals surface area contributed by atoms with Gasteiger partial charge in [-0.1, -0.05) is 54.1 Å². The lowest BCUT2D eigenvalue weighted by atomic mass is 10.1. The predicted molar refractivity (Wildman–Crippen MR) is 107 cm³/mol. The molecular formula is C19H19ClN4S. The van der Waals surface area contributed by atoms with E-state index in [1.54, 1.807) is 0 Å². The molecule has 1 atom stereocenters. The topological polar surface area (TPSA) is 41.9 Å². The van der Waals surface area contributed by atoms with Crippen LogP contribution in [0.25, 0.3) is 0 Å². The van der Waals surface area contributed by atoms with Gasteiger partial charge in [0.25, 0.3) is 0 Å². The molecule has 0 aliphatic rings. The van der Waals surface area contributed by atoms with Gasteiger partial charge in [0.15, 0.2) is 10.9 Å². The van der Waals surface area contributed by atoms with E-state index < -0.39 is 0 Å². The second kappa shape index (κ2) is 8.14. The zero-order valence-electron chi connectivity index (χ0n) is 13.8. The van der Waals surface area contributed by atoms with E-state index in [1.165, 1.54) is 5.56 Å². The van der Waals surface area contributed by atoms with Crippen molar-refractivity contribution in [2.24, 2.45) is 0 Å². The number of rotatable bonds is 5. The van der Waals surface area contributed by atoms with E-state index >= 15 is 0 Å². The lowest BCUT2D eigenvalue weighted by Crippen LogP contribution is -2.31. The normalized spacial score (nSPS) is 11.8. The molecule has 0 amide bonds. The second-order valence-electron chi connectivity index (χ2n) is 5.76.